The summed E-state index contributed by atoms with van der Waals surface area (Å²) in [6, 6.07) is 0. The molecule has 5 nitrogen and oxygen atoms in total. The van der Waals surface area contributed by atoms with E-state index in [4.69, 9.17) is 19.4 Å². The number of hydrogen-bond acceptors (Lipinski definition) is 5. The van der Waals surface area contributed by atoms with Crippen LogP contribution in [0.2, 0.25) is 0 Å². The van der Waals surface area contributed by atoms with E-state index in [0.29, 0.717) is 6.61 Å². The van der Waals surface area contributed by atoms with E-state index < -0.39 is 0 Å². The number of ether oxygens (including phenoxy) is 2. The van der Waals surface area contributed by atoms with Crippen molar-refractivity contribution in [2.24, 2.45) is 0 Å². The van der Waals surface area contributed by atoms with Crippen LogP contribution in [0.3, 0.4) is 0 Å². The Kier molecular flexibility index (Phi) is 5.67. The minimum atomic E-state index is -0.266. The molecule has 1 fully saturated rings. The number of aryl methyl sites for hydroxylation is 2. The predicted molar refractivity (Wildman–Crippen MR) is 82.2 cm³/mol. The van der Waals surface area contributed by atoms with Crippen molar-refractivity contribution in [2.45, 2.75) is 51.7 Å². The molecular formula is C16H27N3O2. The SMILES string of the molecule is COCCNCc1c(C)nc(C2(OC)CCCC2)nc1C. The zero-order valence-electron chi connectivity index (χ0n) is 13.7. The van der Waals surface area contributed by atoms with Gasteiger partial charge in [-0.3, -0.25) is 0 Å². The number of rotatable bonds is 7. The van der Waals surface area contributed by atoms with Crippen LogP contribution < -0.4 is 5.32 Å². The van der Waals surface area contributed by atoms with Crippen LogP contribution in [0, 0.1) is 13.8 Å². The van der Waals surface area contributed by atoms with E-state index >= 15 is 0 Å². The molecule has 1 N–H and O–H groups in total. The largest absolute Gasteiger partial charge is 0.383 e. The van der Waals surface area contributed by atoms with E-state index in [0.717, 1.165) is 43.1 Å². The highest BCUT2D eigenvalue weighted by atomic mass is 16.5. The lowest BCUT2D eigenvalue weighted by atomic mass is 10.00. The first-order valence-corrected chi connectivity index (χ1v) is 7.72. The molecule has 0 saturated heterocycles. The van der Waals surface area contributed by atoms with Gasteiger partial charge in [0, 0.05) is 44.3 Å². The lowest BCUT2D eigenvalue weighted by molar-refractivity contribution is -0.0166. The highest BCUT2D eigenvalue weighted by molar-refractivity contribution is 5.26. The van der Waals surface area contributed by atoms with Crippen LogP contribution in [-0.4, -0.2) is 37.3 Å². The Morgan fingerprint density at radius 1 is 1.10 bits per heavy atom. The minimum absolute atomic E-state index is 0.266. The summed E-state index contributed by atoms with van der Waals surface area (Å²) in [5.74, 6) is 0.859. The number of nitrogens with one attached hydrogen (secondary N) is 1. The van der Waals surface area contributed by atoms with Crippen LogP contribution in [0.1, 0.15) is 48.5 Å². The maximum atomic E-state index is 5.79. The molecule has 0 amide bonds. The van der Waals surface area contributed by atoms with Crippen LogP contribution in [-0.2, 0) is 21.6 Å². The third-order valence-corrected chi connectivity index (χ3v) is 4.41. The van der Waals surface area contributed by atoms with Gasteiger partial charge in [-0.1, -0.05) is 0 Å². The third kappa shape index (κ3) is 3.59. The average molecular weight is 293 g/mol. The first kappa shape index (κ1) is 16.3. The quantitative estimate of drug-likeness (QED) is 0.781. The standard InChI is InChI=1S/C16H27N3O2/c1-12-14(11-17-9-10-20-3)13(2)19-15(18-12)16(21-4)7-5-6-8-16/h17H,5-11H2,1-4H3. The fourth-order valence-corrected chi connectivity index (χ4v) is 3.05. The normalized spacial score (nSPS) is 17.3. The lowest BCUT2D eigenvalue weighted by Crippen LogP contribution is -2.29. The number of nitrogens with zero attached hydrogens (tertiary/aromatic N) is 2. The van der Waals surface area contributed by atoms with Crippen molar-refractivity contribution in [3.63, 3.8) is 0 Å². The Hall–Kier alpha value is -1.04. The minimum Gasteiger partial charge on any atom is -0.383 e. The van der Waals surface area contributed by atoms with Crippen molar-refractivity contribution < 1.29 is 9.47 Å². The van der Waals surface area contributed by atoms with Crippen molar-refractivity contribution >= 4 is 0 Å². The fourth-order valence-electron chi connectivity index (χ4n) is 3.05. The maximum Gasteiger partial charge on any atom is 0.160 e. The summed E-state index contributed by atoms with van der Waals surface area (Å²) in [6.45, 7) is 6.44. The summed E-state index contributed by atoms with van der Waals surface area (Å²) in [5, 5.41) is 3.36. The van der Waals surface area contributed by atoms with Gasteiger partial charge < -0.3 is 14.8 Å². The molecule has 0 bridgehead atoms. The molecule has 0 radical (unpaired) electrons. The molecule has 1 aliphatic carbocycles. The molecule has 5 heteroatoms. The Labute approximate surface area is 127 Å². The second-order valence-corrected chi connectivity index (χ2v) is 5.77. The van der Waals surface area contributed by atoms with E-state index in [9.17, 15) is 0 Å². The molecular weight excluding hydrogens is 266 g/mol. The molecule has 1 aromatic rings. The molecule has 0 atom stereocenters. The molecule has 1 aliphatic rings. The zero-order valence-corrected chi connectivity index (χ0v) is 13.7. The topological polar surface area (TPSA) is 56.3 Å². The summed E-state index contributed by atoms with van der Waals surface area (Å²) in [5.41, 5.74) is 3.01. The summed E-state index contributed by atoms with van der Waals surface area (Å²) in [7, 11) is 3.49. The molecule has 1 heterocycles. The van der Waals surface area contributed by atoms with E-state index in [-0.39, 0.29) is 5.60 Å². The molecule has 0 spiro atoms. The molecule has 1 aromatic heterocycles. The average Bonchev–Trinajstić information content (AvgIpc) is 2.95. The Balaban J connectivity index is 2.16. The van der Waals surface area contributed by atoms with Gasteiger partial charge >= 0.3 is 0 Å². The van der Waals surface area contributed by atoms with Crippen LogP contribution in [0.15, 0.2) is 0 Å². The van der Waals surface area contributed by atoms with Gasteiger partial charge in [0.15, 0.2) is 5.82 Å². The molecule has 118 valence electrons. The van der Waals surface area contributed by atoms with Crippen molar-refractivity contribution in [3.05, 3.63) is 22.8 Å². The fraction of sp³-hybridized carbons (Fsp3) is 0.750. The molecule has 1 saturated carbocycles. The molecule has 21 heavy (non-hydrogen) atoms. The highest BCUT2D eigenvalue weighted by Gasteiger charge is 2.38. The van der Waals surface area contributed by atoms with Crippen LogP contribution in [0.25, 0.3) is 0 Å². The predicted octanol–water partition coefficient (Wildman–Crippen LogP) is 2.25. The number of aromatic nitrogens is 2. The Morgan fingerprint density at radius 3 is 2.24 bits per heavy atom. The van der Waals surface area contributed by atoms with Crippen LogP contribution in [0.4, 0.5) is 0 Å². The van der Waals surface area contributed by atoms with E-state index in [1.807, 2.05) is 0 Å². The third-order valence-electron chi connectivity index (χ3n) is 4.41. The van der Waals surface area contributed by atoms with Crippen molar-refractivity contribution in [1.29, 1.82) is 0 Å². The number of methoxy groups -OCH3 is 2. The zero-order chi connectivity index (χ0) is 15.3. The van der Waals surface area contributed by atoms with Crippen LogP contribution >= 0.6 is 0 Å². The summed E-state index contributed by atoms with van der Waals surface area (Å²) >= 11 is 0. The molecule has 0 aliphatic heterocycles. The van der Waals surface area contributed by atoms with Gasteiger partial charge in [0.05, 0.1) is 6.61 Å². The summed E-state index contributed by atoms with van der Waals surface area (Å²) in [6.07, 6.45) is 4.42. The second-order valence-electron chi connectivity index (χ2n) is 5.77. The van der Waals surface area contributed by atoms with Crippen molar-refractivity contribution in [1.82, 2.24) is 15.3 Å². The Morgan fingerprint density at radius 2 is 1.71 bits per heavy atom. The van der Waals surface area contributed by atoms with E-state index in [1.165, 1.54) is 18.4 Å². The monoisotopic (exact) mass is 293 g/mol. The van der Waals surface area contributed by atoms with Gasteiger partial charge in [-0.15, -0.1) is 0 Å². The molecule has 2 rings (SSSR count). The summed E-state index contributed by atoms with van der Waals surface area (Å²) in [4.78, 5) is 9.50. The molecule has 0 aromatic carbocycles. The first-order valence-electron chi connectivity index (χ1n) is 7.72. The van der Waals surface area contributed by atoms with Crippen molar-refractivity contribution in [3.8, 4) is 0 Å². The van der Waals surface area contributed by atoms with E-state index in [1.54, 1.807) is 14.2 Å². The van der Waals surface area contributed by atoms with Gasteiger partial charge in [-0.05, 0) is 39.5 Å². The molecule has 0 unspecified atom stereocenters. The maximum absolute atomic E-state index is 5.79. The van der Waals surface area contributed by atoms with E-state index in [2.05, 4.69) is 19.2 Å². The van der Waals surface area contributed by atoms with Gasteiger partial charge in [-0.2, -0.15) is 0 Å². The summed E-state index contributed by atoms with van der Waals surface area (Å²) < 4.78 is 10.8. The highest BCUT2D eigenvalue weighted by Crippen LogP contribution is 2.40. The van der Waals surface area contributed by atoms with Crippen molar-refractivity contribution in [2.75, 3.05) is 27.4 Å². The smallest absolute Gasteiger partial charge is 0.160 e. The first-order chi connectivity index (χ1) is 10.1. The van der Waals surface area contributed by atoms with Gasteiger partial charge in [0.25, 0.3) is 0 Å². The number of hydrogen-bond donors (Lipinski definition) is 1. The van der Waals surface area contributed by atoms with Gasteiger partial charge in [0.1, 0.15) is 5.60 Å². The van der Waals surface area contributed by atoms with Gasteiger partial charge in [0.2, 0.25) is 0 Å². The Bertz CT molecular complexity index is 448. The lowest BCUT2D eigenvalue weighted by Gasteiger charge is -2.27. The second kappa shape index (κ2) is 7.29. The van der Waals surface area contributed by atoms with Gasteiger partial charge in [-0.25, -0.2) is 9.97 Å². The van der Waals surface area contributed by atoms with Crippen LogP contribution in [0.5, 0.6) is 0 Å².